The van der Waals surface area contributed by atoms with Crippen molar-refractivity contribution in [2.45, 2.75) is 76.0 Å². The number of imide groups is 1. The summed E-state index contributed by atoms with van der Waals surface area (Å²) in [5.74, 6) is -3.68. The lowest BCUT2D eigenvalue weighted by molar-refractivity contribution is -0.129. The van der Waals surface area contributed by atoms with E-state index < -0.39 is 17.9 Å². The minimum atomic E-state index is -2.84. The molecular weight excluding hydrogens is 898 g/mol. The highest BCUT2D eigenvalue weighted by Gasteiger charge is 2.47. The Labute approximate surface area is 399 Å². The summed E-state index contributed by atoms with van der Waals surface area (Å²) >= 11 is 6.57. The number of imidazole rings is 1. The summed E-state index contributed by atoms with van der Waals surface area (Å²) in [6.45, 7) is 7.02. The van der Waals surface area contributed by atoms with Crippen LogP contribution in [0.4, 0.5) is 42.1 Å². The van der Waals surface area contributed by atoms with E-state index in [4.69, 9.17) is 21.4 Å². The molecule has 3 N–H and O–H groups in total. The zero-order valence-corrected chi connectivity index (χ0v) is 39.5. The molecule has 0 radical (unpaired) electrons. The molecule has 362 valence electrons. The van der Waals surface area contributed by atoms with Crippen molar-refractivity contribution >= 4 is 69.6 Å². The predicted molar refractivity (Wildman–Crippen MR) is 255 cm³/mol. The minimum absolute atomic E-state index is 0.00458. The lowest BCUT2D eigenvalue weighted by Gasteiger charge is -2.46. The van der Waals surface area contributed by atoms with Gasteiger partial charge in [-0.2, -0.15) is 0 Å². The van der Waals surface area contributed by atoms with Crippen LogP contribution in [0, 0.1) is 12.8 Å². The zero-order chi connectivity index (χ0) is 47.4. The van der Waals surface area contributed by atoms with E-state index in [-0.39, 0.29) is 55.4 Å². The van der Waals surface area contributed by atoms with Crippen molar-refractivity contribution in [3.63, 3.8) is 0 Å². The molecule has 20 heteroatoms. The van der Waals surface area contributed by atoms with Crippen LogP contribution in [0.15, 0.2) is 42.6 Å². The van der Waals surface area contributed by atoms with Crippen LogP contribution in [0.5, 0.6) is 0 Å². The van der Waals surface area contributed by atoms with Gasteiger partial charge in [0.1, 0.15) is 0 Å². The van der Waals surface area contributed by atoms with Crippen molar-refractivity contribution in [3.05, 3.63) is 70.0 Å². The first-order valence-corrected chi connectivity index (χ1v) is 24.3. The quantitative estimate of drug-likeness (QED) is 0.181. The number of alkyl halides is 2. The predicted octanol–water partition coefficient (Wildman–Crippen LogP) is 5.16. The third kappa shape index (κ3) is 8.70. The van der Waals surface area contributed by atoms with Gasteiger partial charge in [0.25, 0.3) is 17.7 Å². The Kier molecular flexibility index (Phi) is 12.7. The fourth-order valence-corrected chi connectivity index (χ4v) is 11.3. The Morgan fingerprint density at radius 2 is 1.68 bits per heavy atom. The molecule has 0 spiro atoms. The largest absolute Gasteiger partial charge is 0.385 e. The molecule has 68 heavy (non-hydrogen) atoms. The first-order chi connectivity index (χ1) is 32.8. The summed E-state index contributed by atoms with van der Waals surface area (Å²) in [5.41, 5.74) is 6.51. The number of benzene rings is 2. The van der Waals surface area contributed by atoms with Gasteiger partial charge in [-0.05, 0) is 81.8 Å². The number of ether oxygens (including phenoxy) is 1. The molecule has 6 aliphatic rings. The van der Waals surface area contributed by atoms with Crippen LogP contribution in [0.3, 0.4) is 0 Å². The standard InChI is InChI=1S/C48H59ClF2N12O5/c1-29-23-30(24-38(43(29)49)62-18-13-42(64)55-47(62)67)46(66)59-15-10-32(11-16-59)60-14-9-31(48(50,51)28-60)27-57-19-21-58(22-20-57)36-5-4-6-37-33(36)12-17-61(37)41-25-35(52-2)44-53-26-39(63(44)56-41)45(65)54-34-7-8-40(34)68-3/h4-6,23-26,31-32,34,40,52H,7-22,27-28H2,1-3H3,(H,54,65)(H,55,64,67)/t31?,34-,40-/m1/s1. The molecule has 5 aliphatic heterocycles. The molecule has 10 rings (SSSR count). The molecule has 4 saturated heterocycles. The number of hydrogen-bond donors (Lipinski definition) is 3. The molecule has 17 nitrogen and oxygen atoms in total. The number of amides is 5. The average molecular weight is 958 g/mol. The van der Waals surface area contributed by atoms with E-state index in [2.05, 4.69) is 53.8 Å². The number of nitrogens with zero attached hydrogens (tertiary/aromatic N) is 9. The van der Waals surface area contributed by atoms with Gasteiger partial charge in [-0.15, -0.1) is 5.10 Å². The maximum Gasteiger partial charge on any atom is 0.328 e. The SMILES string of the molecule is CNc1cc(N2CCc3c(N4CCN(CC5CCN(C6CCN(C(=O)c7cc(C)c(Cl)c(N8CCC(=O)NC8=O)c7)CC6)CC5(F)F)CC4)cccc32)nn2c(C(=O)N[C@@H]3CC[C@H]3OC)cnc12. The fraction of sp³-hybridized carbons (Fsp3) is 0.542. The number of carbonyl (C=O) groups is 4. The van der Waals surface area contributed by atoms with Gasteiger partial charge in [0.05, 0.1) is 41.3 Å². The fourth-order valence-electron chi connectivity index (χ4n) is 11.0. The van der Waals surface area contributed by atoms with Gasteiger partial charge in [0.15, 0.2) is 17.2 Å². The number of piperazine rings is 1. The molecule has 1 aliphatic carbocycles. The number of likely N-dealkylation sites (tertiary alicyclic amines) is 2. The zero-order valence-electron chi connectivity index (χ0n) is 38.8. The first kappa shape index (κ1) is 46.1. The summed E-state index contributed by atoms with van der Waals surface area (Å²) in [6.07, 6.45) is 5.88. The van der Waals surface area contributed by atoms with E-state index >= 15 is 8.78 Å². The molecule has 2 aromatic carbocycles. The molecule has 5 amide bonds. The number of carbonyl (C=O) groups excluding carboxylic acids is 4. The highest BCUT2D eigenvalue weighted by molar-refractivity contribution is 6.35. The number of nitrogens with one attached hydrogen (secondary N) is 3. The first-order valence-electron chi connectivity index (χ1n) is 23.9. The molecule has 3 atom stereocenters. The van der Waals surface area contributed by atoms with Crippen molar-refractivity contribution in [2.75, 3.05) is 106 Å². The summed E-state index contributed by atoms with van der Waals surface area (Å²) in [6, 6.07) is 10.9. The van der Waals surface area contributed by atoms with E-state index in [9.17, 15) is 19.2 Å². The van der Waals surface area contributed by atoms with Crippen molar-refractivity contribution in [3.8, 4) is 0 Å². The Bertz CT molecular complexity index is 2610. The van der Waals surface area contributed by atoms with Crippen molar-refractivity contribution < 1.29 is 32.7 Å². The second-order valence-corrected chi connectivity index (χ2v) is 19.4. The van der Waals surface area contributed by atoms with E-state index in [1.165, 1.54) is 10.5 Å². The number of anilines is 5. The monoisotopic (exact) mass is 956 g/mol. The maximum absolute atomic E-state index is 16.1. The van der Waals surface area contributed by atoms with Crippen LogP contribution < -0.4 is 30.7 Å². The van der Waals surface area contributed by atoms with Gasteiger partial charge in [0, 0.05) is 120 Å². The second kappa shape index (κ2) is 18.7. The Morgan fingerprint density at radius 3 is 2.38 bits per heavy atom. The number of aromatic nitrogens is 3. The number of methoxy groups -OCH3 is 1. The van der Waals surface area contributed by atoms with E-state index in [0.29, 0.717) is 104 Å². The number of piperidine rings is 2. The molecule has 0 bridgehead atoms. The lowest BCUT2D eigenvalue weighted by Crippen LogP contribution is -2.58. The lowest BCUT2D eigenvalue weighted by atomic mass is 9.89. The Balaban J connectivity index is 0.729. The molecule has 7 heterocycles. The van der Waals surface area contributed by atoms with Crippen LogP contribution in [0.1, 0.15) is 70.5 Å². The van der Waals surface area contributed by atoms with Crippen LogP contribution in [0.25, 0.3) is 5.65 Å². The van der Waals surface area contributed by atoms with Crippen LogP contribution in [0.2, 0.25) is 5.02 Å². The molecule has 1 unspecified atom stereocenters. The smallest absolute Gasteiger partial charge is 0.328 e. The summed E-state index contributed by atoms with van der Waals surface area (Å²) in [5, 5.41) is 13.9. The maximum atomic E-state index is 16.1. The van der Waals surface area contributed by atoms with Gasteiger partial charge in [0.2, 0.25) is 5.91 Å². The van der Waals surface area contributed by atoms with Gasteiger partial charge in [-0.25, -0.2) is 23.1 Å². The van der Waals surface area contributed by atoms with Gasteiger partial charge in [-0.3, -0.25) is 34.4 Å². The highest BCUT2D eigenvalue weighted by atomic mass is 35.5. The number of rotatable bonds is 11. The Hall–Kier alpha value is -5.63. The minimum Gasteiger partial charge on any atom is -0.385 e. The molecule has 2 aromatic heterocycles. The van der Waals surface area contributed by atoms with Crippen molar-refractivity contribution in [2.24, 2.45) is 5.92 Å². The average Bonchev–Trinajstić information content (AvgIpc) is 3.97. The number of fused-ring (bicyclic) bond motifs is 2. The summed E-state index contributed by atoms with van der Waals surface area (Å²) < 4.78 is 39.2. The number of urea groups is 1. The second-order valence-electron chi connectivity index (χ2n) is 19.1. The van der Waals surface area contributed by atoms with Gasteiger partial charge < -0.3 is 30.1 Å². The van der Waals surface area contributed by atoms with Crippen LogP contribution >= 0.6 is 11.6 Å². The van der Waals surface area contributed by atoms with Crippen LogP contribution in [-0.2, 0) is 16.0 Å². The molecular formula is C48H59ClF2N12O5. The molecule has 4 aromatic rings. The molecule has 1 saturated carbocycles. The third-order valence-electron chi connectivity index (χ3n) is 15.1. The Morgan fingerprint density at radius 1 is 0.912 bits per heavy atom. The van der Waals surface area contributed by atoms with E-state index in [1.54, 1.807) is 41.8 Å². The number of halogens is 3. The summed E-state index contributed by atoms with van der Waals surface area (Å²) in [4.78, 5) is 67.8. The highest BCUT2D eigenvalue weighted by Crippen LogP contribution is 2.41. The molecule has 5 fully saturated rings. The van der Waals surface area contributed by atoms with Crippen LogP contribution in [-0.4, -0.2) is 163 Å². The summed E-state index contributed by atoms with van der Waals surface area (Å²) in [7, 11) is 3.49. The van der Waals surface area contributed by atoms with Gasteiger partial charge >= 0.3 is 6.03 Å². The van der Waals surface area contributed by atoms with Crippen molar-refractivity contribution in [1.82, 2.24) is 39.9 Å². The van der Waals surface area contributed by atoms with E-state index in [1.807, 2.05) is 18.0 Å². The van der Waals surface area contributed by atoms with Gasteiger partial charge in [-0.1, -0.05) is 17.7 Å². The number of hydrogen-bond acceptors (Lipinski definition) is 12. The third-order valence-corrected chi connectivity index (χ3v) is 15.6. The topological polar surface area (TPSA) is 163 Å². The number of aryl methyl sites for hydroxylation is 1. The van der Waals surface area contributed by atoms with E-state index in [0.717, 1.165) is 49.4 Å². The normalized spacial score (nSPS) is 23.7. The van der Waals surface area contributed by atoms with Crippen molar-refractivity contribution in [1.29, 1.82) is 0 Å².